The molecule has 0 aliphatic rings. The van der Waals surface area contributed by atoms with Crippen LogP contribution in [0.25, 0.3) is 16.2 Å². The number of nitrogens with zero attached hydrogens (tertiary/aromatic N) is 2. The number of rotatable bonds is 2. The summed E-state index contributed by atoms with van der Waals surface area (Å²) >= 11 is 1.64. The van der Waals surface area contributed by atoms with E-state index in [1.807, 2.05) is 18.5 Å². The maximum absolute atomic E-state index is 5.42. The van der Waals surface area contributed by atoms with Gasteiger partial charge < -0.3 is 4.74 Å². The van der Waals surface area contributed by atoms with Crippen molar-refractivity contribution in [3.8, 4) is 17.0 Å². The lowest BCUT2D eigenvalue weighted by atomic mass is 10.1. The number of aromatic nitrogens is 2. The summed E-state index contributed by atoms with van der Waals surface area (Å²) in [4.78, 5) is 5.29. The molecule has 4 heteroatoms. The van der Waals surface area contributed by atoms with Crippen LogP contribution in [0.15, 0.2) is 36.0 Å². The third kappa shape index (κ3) is 1.61. The number of ether oxygens (including phenoxy) is 1. The molecule has 2 heterocycles. The lowest BCUT2D eigenvalue weighted by molar-refractivity contribution is 0.416. The van der Waals surface area contributed by atoms with E-state index in [1.165, 1.54) is 5.56 Å². The van der Waals surface area contributed by atoms with Crippen LogP contribution in [-0.4, -0.2) is 16.5 Å². The summed E-state index contributed by atoms with van der Waals surface area (Å²) in [5.41, 5.74) is 3.46. The number of hydrogen-bond donors (Lipinski definition) is 0. The number of aryl methyl sites for hydroxylation is 1. The molecular formula is C13H12N2OS. The Morgan fingerprint density at radius 1 is 1.35 bits per heavy atom. The van der Waals surface area contributed by atoms with E-state index in [0.717, 1.165) is 22.0 Å². The average Bonchev–Trinajstić information content (AvgIpc) is 2.90. The Kier molecular flexibility index (Phi) is 2.37. The average molecular weight is 244 g/mol. The van der Waals surface area contributed by atoms with Crippen LogP contribution in [0.1, 0.15) is 5.56 Å². The number of hydrogen-bond acceptors (Lipinski definition) is 3. The predicted octanol–water partition coefficient (Wildman–Crippen LogP) is 3.38. The lowest BCUT2D eigenvalue weighted by Gasteiger charge is -2.08. The first-order valence-corrected chi connectivity index (χ1v) is 6.23. The Morgan fingerprint density at radius 3 is 3.06 bits per heavy atom. The largest absolute Gasteiger partial charge is 0.496 e. The fourth-order valence-corrected chi connectivity index (χ4v) is 2.79. The van der Waals surface area contributed by atoms with Gasteiger partial charge in [-0.1, -0.05) is 11.6 Å². The molecule has 0 radical (unpaired) electrons. The Balaban J connectivity index is 2.28. The molecule has 0 bridgehead atoms. The zero-order valence-corrected chi connectivity index (χ0v) is 10.5. The standard InChI is InChI=1S/C13H12N2OS/c1-9-3-4-12(16-2)10(7-9)11-8-17-13-14-5-6-15(11)13/h3-8H,1-2H3. The number of thiazole rings is 1. The van der Waals surface area contributed by atoms with Crippen molar-refractivity contribution in [1.82, 2.24) is 9.38 Å². The maximum Gasteiger partial charge on any atom is 0.194 e. The second-order valence-electron chi connectivity index (χ2n) is 3.90. The summed E-state index contributed by atoms with van der Waals surface area (Å²) in [5, 5.41) is 2.11. The van der Waals surface area contributed by atoms with Gasteiger partial charge in [0.2, 0.25) is 0 Å². The van der Waals surface area contributed by atoms with E-state index in [1.54, 1.807) is 18.4 Å². The van der Waals surface area contributed by atoms with Gasteiger partial charge >= 0.3 is 0 Å². The predicted molar refractivity (Wildman–Crippen MR) is 69.8 cm³/mol. The van der Waals surface area contributed by atoms with E-state index in [2.05, 4.69) is 33.8 Å². The first kappa shape index (κ1) is 10.4. The van der Waals surface area contributed by atoms with E-state index < -0.39 is 0 Å². The van der Waals surface area contributed by atoms with E-state index in [4.69, 9.17) is 4.74 Å². The minimum atomic E-state index is 0.893. The van der Waals surface area contributed by atoms with Gasteiger partial charge in [0.1, 0.15) is 5.75 Å². The first-order valence-electron chi connectivity index (χ1n) is 5.35. The molecule has 3 rings (SSSR count). The first-order chi connectivity index (χ1) is 8.29. The van der Waals surface area contributed by atoms with Crippen molar-refractivity contribution in [2.24, 2.45) is 0 Å². The van der Waals surface area contributed by atoms with Crippen molar-refractivity contribution >= 4 is 16.3 Å². The molecule has 2 aromatic heterocycles. The highest BCUT2D eigenvalue weighted by molar-refractivity contribution is 7.15. The maximum atomic E-state index is 5.42. The van der Waals surface area contributed by atoms with Crippen LogP contribution in [0.4, 0.5) is 0 Å². The highest BCUT2D eigenvalue weighted by Gasteiger charge is 2.11. The highest BCUT2D eigenvalue weighted by atomic mass is 32.1. The molecule has 0 amide bonds. The second-order valence-corrected chi connectivity index (χ2v) is 4.74. The molecule has 0 atom stereocenters. The zero-order valence-electron chi connectivity index (χ0n) is 9.68. The van der Waals surface area contributed by atoms with Crippen LogP contribution in [-0.2, 0) is 0 Å². The summed E-state index contributed by atoms with van der Waals surface area (Å²) in [7, 11) is 1.70. The van der Waals surface area contributed by atoms with Crippen LogP contribution in [0.2, 0.25) is 0 Å². The van der Waals surface area contributed by atoms with E-state index in [0.29, 0.717) is 0 Å². The number of benzene rings is 1. The third-order valence-corrected chi connectivity index (χ3v) is 3.63. The Morgan fingerprint density at radius 2 is 2.24 bits per heavy atom. The molecule has 0 N–H and O–H groups in total. The van der Waals surface area contributed by atoms with Crippen molar-refractivity contribution in [3.63, 3.8) is 0 Å². The summed E-state index contributed by atoms with van der Waals surface area (Å²) in [6.45, 7) is 2.08. The normalized spacial score (nSPS) is 10.9. The smallest absolute Gasteiger partial charge is 0.194 e. The molecule has 0 fully saturated rings. The highest BCUT2D eigenvalue weighted by Crippen LogP contribution is 2.33. The van der Waals surface area contributed by atoms with Crippen LogP contribution >= 0.6 is 11.3 Å². The fourth-order valence-electron chi connectivity index (χ4n) is 1.94. The summed E-state index contributed by atoms with van der Waals surface area (Å²) in [6, 6.07) is 6.20. The monoisotopic (exact) mass is 244 g/mol. The summed E-state index contributed by atoms with van der Waals surface area (Å²) in [6.07, 6.45) is 3.79. The third-order valence-electron chi connectivity index (χ3n) is 2.77. The van der Waals surface area contributed by atoms with Gasteiger partial charge in [-0.3, -0.25) is 4.40 Å². The van der Waals surface area contributed by atoms with Gasteiger partial charge in [0.05, 0.1) is 12.8 Å². The van der Waals surface area contributed by atoms with Crippen LogP contribution in [0.5, 0.6) is 5.75 Å². The Labute approximate surface area is 103 Å². The summed E-state index contributed by atoms with van der Waals surface area (Å²) < 4.78 is 7.51. The summed E-state index contributed by atoms with van der Waals surface area (Å²) in [5.74, 6) is 0.893. The zero-order chi connectivity index (χ0) is 11.8. The lowest BCUT2D eigenvalue weighted by Crippen LogP contribution is -1.91. The van der Waals surface area contributed by atoms with Crippen molar-refractivity contribution in [1.29, 1.82) is 0 Å². The second kappa shape index (κ2) is 3.89. The molecule has 0 aliphatic heterocycles. The molecule has 3 aromatic rings. The molecule has 86 valence electrons. The fraction of sp³-hybridized carbons (Fsp3) is 0.154. The van der Waals surface area contributed by atoms with Crippen molar-refractivity contribution in [3.05, 3.63) is 41.5 Å². The minimum absolute atomic E-state index is 0.893. The quantitative estimate of drug-likeness (QED) is 0.691. The Hall–Kier alpha value is -1.81. The topological polar surface area (TPSA) is 26.5 Å². The SMILES string of the molecule is COc1ccc(C)cc1-c1csc2nccn12. The van der Waals surface area contributed by atoms with Crippen LogP contribution < -0.4 is 4.74 Å². The number of imidazole rings is 1. The van der Waals surface area contributed by atoms with Crippen molar-refractivity contribution < 1.29 is 4.74 Å². The molecule has 0 saturated heterocycles. The van der Waals surface area contributed by atoms with Gasteiger partial charge in [-0.05, 0) is 19.1 Å². The van der Waals surface area contributed by atoms with Crippen LogP contribution in [0.3, 0.4) is 0 Å². The molecule has 0 saturated carbocycles. The van der Waals surface area contributed by atoms with E-state index in [9.17, 15) is 0 Å². The van der Waals surface area contributed by atoms with Crippen LogP contribution in [0, 0.1) is 6.92 Å². The molecule has 0 unspecified atom stereocenters. The molecular weight excluding hydrogens is 232 g/mol. The number of fused-ring (bicyclic) bond motifs is 1. The van der Waals surface area contributed by atoms with Gasteiger partial charge in [-0.15, -0.1) is 11.3 Å². The van der Waals surface area contributed by atoms with Gasteiger partial charge in [0, 0.05) is 23.3 Å². The van der Waals surface area contributed by atoms with Gasteiger partial charge in [0.25, 0.3) is 0 Å². The number of methoxy groups -OCH3 is 1. The van der Waals surface area contributed by atoms with Gasteiger partial charge in [-0.2, -0.15) is 0 Å². The molecule has 1 aromatic carbocycles. The van der Waals surface area contributed by atoms with Crippen molar-refractivity contribution in [2.75, 3.05) is 7.11 Å². The molecule has 0 aliphatic carbocycles. The molecule has 0 spiro atoms. The van der Waals surface area contributed by atoms with Crippen molar-refractivity contribution in [2.45, 2.75) is 6.92 Å². The minimum Gasteiger partial charge on any atom is -0.496 e. The molecule has 17 heavy (non-hydrogen) atoms. The molecule has 3 nitrogen and oxygen atoms in total. The van der Waals surface area contributed by atoms with E-state index >= 15 is 0 Å². The van der Waals surface area contributed by atoms with Gasteiger partial charge in [0.15, 0.2) is 4.96 Å². The van der Waals surface area contributed by atoms with Gasteiger partial charge in [-0.25, -0.2) is 4.98 Å². The Bertz CT molecular complexity index is 669. The van der Waals surface area contributed by atoms with E-state index in [-0.39, 0.29) is 0 Å².